The van der Waals surface area contributed by atoms with E-state index < -0.39 is 0 Å². The van der Waals surface area contributed by atoms with Gasteiger partial charge in [0.05, 0.1) is 5.52 Å². The number of carbonyl (C=O) groups excluding carboxylic acids is 1. The van der Waals surface area contributed by atoms with E-state index in [0.717, 1.165) is 34.1 Å². The maximum atomic E-state index is 11.3. The zero-order valence-corrected chi connectivity index (χ0v) is 12.3. The van der Waals surface area contributed by atoms with Crippen LogP contribution in [0, 0.1) is 0 Å². The molecule has 0 amide bonds. The quantitative estimate of drug-likeness (QED) is 0.539. The molecule has 0 radical (unpaired) electrons. The lowest BCUT2D eigenvalue weighted by molar-refractivity contribution is 0.112. The molecule has 2 aromatic heterocycles. The van der Waals surface area contributed by atoms with Gasteiger partial charge in [0.15, 0.2) is 6.29 Å². The van der Waals surface area contributed by atoms with Gasteiger partial charge in [0.2, 0.25) is 0 Å². The van der Waals surface area contributed by atoms with Gasteiger partial charge in [-0.25, -0.2) is 9.97 Å². The minimum atomic E-state index is 0.643. The molecule has 0 atom stereocenters. The van der Waals surface area contributed by atoms with E-state index in [0.29, 0.717) is 5.56 Å². The van der Waals surface area contributed by atoms with E-state index in [4.69, 9.17) is 4.98 Å². The summed E-state index contributed by atoms with van der Waals surface area (Å²) in [6.45, 7) is 0. The smallest absolute Gasteiger partial charge is 0.150 e. The van der Waals surface area contributed by atoms with Gasteiger partial charge in [-0.1, -0.05) is 42.5 Å². The van der Waals surface area contributed by atoms with Crippen LogP contribution in [0.15, 0.2) is 73.3 Å². The Hall–Kier alpha value is -3.27. The first-order chi connectivity index (χ1) is 11.4. The molecule has 4 nitrogen and oxygen atoms in total. The first kappa shape index (κ1) is 13.4. The molecule has 0 aliphatic heterocycles. The standard InChI is InChI=1S/C19H13N3O/c23-12-15-7-4-8-18-16(15)11-17(14-5-2-1-3-6-14)19(21-18)22-10-9-20-13-22/h1-13H. The average Bonchev–Trinajstić information content (AvgIpc) is 3.15. The highest BCUT2D eigenvalue weighted by molar-refractivity contribution is 5.99. The molecule has 0 saturated heterocycles. The molecule has 4 rings (SSSR count). The highest BCUT2D eigenvalue weighted by Crippen LogP contribution is 2.30. The van der Waals surface area contributed by atoms with Crippen LogP contribution in [0.25, 0.3) is 27.8 Å². The Kier molecular flexibility index (Phi) is 3.20. The van der Waals surface area contributed by atoms with Crippen LogP contribution in [-0.2, 0) is 0 Å². The van der Waals surface area contributed by atoms with Gasteiger partial charge in [0.1, 0.15) is 12.1 Å². The summed E-state index contributed by atoms with van der Waals surface area (Å²) >= 11 is 0. The van der Waals surface area contributed by atoms with Crippen molar-refractivity contribution in [1.82, 2.24) is 14.5 Å². The van der Waals surface area contributed by atoms with Gasteiger partial charge < -0.3 is 0 Å². The number of carbonyl (C=O) groups is 1. The first-order valence-electron chi connectivity index (χ1n) is 7.29. The van der Waals surface area contributed by atoms with Crippen molar-refractivity contribution in [2.75, 3.05) is 0 Å². The first-order valence-corrected chi connectivity index (χ1v) is 7.29. The van der Waals surface area contributed by atoms with Gasteiger partial charge in [-0.15, -0.1) is 0 Å². The van der Waals surface area contributed by atoms with Crippen LogP contribution < -0.4 is 0 Å². The largest absolute Gasteiger partial charge is 0.298 e. The molecule has 0 N–H and O–H groups in total. The number of aldehydes is 1. The summed E-state index contributed by atoms with van der Waals surface area (Å²) in [7, 11) is 0. The number of rotatable bonds is 3. The summed E-state index contributed by atoms with van der Waals surface area (Å²) in [6.07, 6.45) is 6.19. The van der Waals surface area contributed by atoms with E-state index in [-0.39, 0.29) is 0 Å². The zero-order valence-electron chi connectivity index (χ0n) is 12.3. The van der Waals surface area contributed by atoms with E-state index >= 15 is 0 Å². The maximum Gasteiger partial charge on any atom is 0.150 e. The van der Waals surface area contributed by atoms with Gasteiger partial charge >= 0.3 is 0 Å². The number of hydrogen-bond acceptors (Lipinski definition) is 3. The monoisotopic (exact) mass is 299 g/mol. The van der Waals surface area contributed by atoms with Crippen LogP contribution in [0.3, 0.4) is 0 Å². The third-order valence-corrected chi connectivity index (χ3v) is 3.83. The van der Waals surface area contributed by atoms with Crippen molar-refractivity contribution in [3.8, 4) is 16.9 Å². The molecule has 2 aromatic carbocycles. The molecule has 0 saturated carbocycles. The van der Waals surface area contributed by atoms with E-state index in [1.807, 2.05) is 65.4 Å². The van der Waals surface area contributed by atoms with Gasteiger partial charge in [0.25, 0.3) is 0 Å². The van der Waals surface area contributed by atoms with Crippen molar-refractivity contribution in [3.05, 3.63) is 78.9 Å². The molecule has 0 aliphatic rings. The van der Waals surface area contributed by atoms with Crippen LogP contribution >= 0.6 is 0 Å². The lowest BCUT2D eigenvalue weighted by Gasteiger charge is -2.12. The third-order valence-electron chi connectivity index (χ3n) is 3.83. The molecule has 4 heteroatoms. The second-order valence-corrected chi connectivity index (χ2v) is 5.23. The van der Waals surface area contributed by atoms with Crippen molar-refractivity contribution in [2.24, 2.45) is 0 Å². The van der Waals surface area contributed by atoms with Gasteiger partial charge in [0, 0.05) is 28.9 Å². The fraction of sp³-hybridized carbons (Fsp3) is 0. The number of benzene rings is 2. The fourth-order valence-electron chi connectivity index (χ4n) is 2.72. The Morgan fingerprint density at radius 3 is 2.61 bits per heavy atom. The van der Waals surface area contributed by atoms with Crippen LogP contribution in [0.5, 0.6) is 0 Å². The number of pyridine rings is 1. The van der Waals surface area contributed by atoms with Gasteiger partial charge in [-0.05, 0) is 17.7 Å². The lowest BCUT2D eigenvalue weighted by Crippen LogP contribution is -2.00. The average molecular weight is 299 g/mol. The number of nitrogens with zero attached hydrogens (tertiary/aromatic N) is 3. The molecular formula is C19H13N3O. The normalized spacial score (nSPS) is 10.8. The molecule has 0 fully saturated rings. The molecule has 2 heterocycles. The Morgan fingerprint density at radius 1 is 1.00 bits per heavy atom. The summed E-state index contributed by atoms with van der Waals surface area (Å²) in [5.41, 5.74) is 3.44. The lowest BCUT2D eigenvalue weighted by atomic mass is 10.0. The molecule has 110 valence electrons. The molecule has 4 aromatic rings. The SMILES string of the molecule is O=Cc1cccc2nc(-n3ccnc3)c(-c3ccccc3)cc12. The Balaban J connectivity index is 2.08. The molecule has 23 heavy (non-hydrogen) atoms. The Bertz CT molecular complexity index is 976. The number of imidazole rings is 1. The summed E-state index contributed by atoms with van der Waals surface area (Å²) < 4.78 is 1.88. The van der Waals surface area contributed by atoms with Crippen molar-refractivity contribution in [2.45, 2.75) is 0 Å². The molecule has 0 spiro atoms. The summed E-state index contributed by atoms with van der Waals surface area (Å²) in [5.74, 6) is 0.796. The highest BCUT2D eigenvalue weighted by atomic mass is 16.1. The topological polar surface area (TPSA) is 47.8 Å². The van der Waals surface area contributed by atoms with Crippen LogP contribution in [-0.4, -0.2) is 20.8 Å². The highest BCUT2D eigenvalue weighted by Gasteiger charge is 2.12. The number of fused-ring (bicyclic) bond motifs is 1. The summed E-state index contributed by atoms with van der Waals surface area (Å²) in [6, 6.07) is 17.6. The molecular weight excluding hydrogens is 286 g/mol. The fourth-order valence-corrected chi connectivity index (χ4v) is 2.72. The minimum Gasteiger partial charge on any atom is -0.298 e. The van der Waals surface area contributed by atoms with E-state index in [9.17, 15) is 4.79 Å². The van der Waals surface area contributed by atoms with E-state index in [1.54, 1.807) is 12.5 Å². The van der Waals surface area contributed by atoms with Crippen LogP contribution in [0.2, 0.25) is 0 Å². The maximum absolute atomic E-state index is 11.3. The second-order valence-electron chi connectivity index (χ2n) is 5.23. The van der Waals surface area contributed by atoms with Gasteiger partial charge in [-0.3, -0.25) is 9.36 Å². The molecule has 0 unspecified atom stereocenters. The molecule has 0 bridgehead atoms. The molecule has 0 aliphatic carbocycles. The summed E-state index contributed by atoms with van der Waals surface area (Å²) in [4.78, 5) is 20.2. The number of hydrogen-bond donors (Lipinski definition) is 0. The van der Waals surface area contributed by atoms with Gasteiger partial charge in [-0.2, -0.15) is 0 Å². The van der Waals surface area contributed by atoms with Crippen molar-refractivity contribution < 1.29 is 4.79 Å². The van der Waals surface area contributed by atoms with E-state index in [1.165, 1.54) is 0 Å². The predicted octanol–water partition coefficient (Wildman–Crippen LogP) is 3.90. The van der Waals surface area contributed by atoms with Crippen molar-refractivity contribution >= 4 is 17.2 Å². The zero-order chi connectivity index (χ0) is 15.6. The van der Waals surface area contributed by atoms with Crippen molar-refractivity contribution in [1.29, 1.82) is 0 Å². The van der Waals surface area contributed by atoms with Crippen LogP contribution in [0.4, 0.5) is 0 Å². The van der Waals surface area contributed by atoms with Crippen LogP contribution in [0.1, 0.15) is 10.4 Å². The Morgan fingerprint density at radius 2 is 1.87 bits per heavy atom. The predicted molar refractivity (Wildman–Crippen MR) is 89.7 cm³/mol. The third kappa shape index (κ3) is 2.30. The van der Waals surface area contributed by atoms with Crippen molar-refractivity contribution in [3.63, 3.8) is 0 Å². The Labute approximate surface area is 133 Å². The number of aromatic nitrogens is 3. The van der Waals surface area contributed by atoms with E-state index in [2.05, 4.69) is 4.98 Å². The minimum absolute atomic E-state index is 0.643. The second kappa shape index (κ2) is 5.50. The summed E-state index contributed by atoms with van der Waals surface area (Å²) in [5, 5.41) is 0.852.